The van der Waals surface area contributed by atoms with Crippen LogP contribution in [0.3, 0.4) is 0 Å². The van der Waals surface area contributed by atoms with E-state index in [9.17, 15) is 9.59 Å². The number of likely N-dealkylation sites (N-methyl/N-ethyl adjacent to an activating group) is 1. The van der Waals surface area contributed by atoms with Crippen molar-refractivity contribution in [2.45, 2.75) is 11.5 Å². The number of hydrogen-bond donors (Lipinski definition) is 0. The number of rotatable bonds is 3. The molecule has 0 aromatic heterocycles. The molecule has 3 heterocycles. The summed E-state index contributed by atoms with van der Waals surface area (Å²) in [6.45, 7) is 0.171. The van der Waals surface area contributed by atoms with E-state index in [1.165, 1.54) is 0 Å². The summed E-state index contributed by atoms with van der Waals surface area (Å²) in [5.41, 5.74) is 4.20. The van der Waals surface area contributed by atoms with E-state index >= 15 is 0 Å². The van der Waals surface area contributed by atoms with Crippen LogP contribution in [0, 0.1) is 0 Å². The Kier molecular flexibility index (Phi) is 4.67. The Balaban J connectivity index is 1.45. The minimum Gasteiger partial charge on any atom is -0.491 e. The van der Waals surface area contributed by atoms with E-state index < -0.39 is 5.41 Å². The predicted molar refractivity (Wildman–Crippen MR) is 140 cm³/mol. The second-order valence-electron chi connectivity index (χ2n) is 9.67. The highest BCUT2D eigenvalue weighted by atomic mass is 16.5. The molecular weight excluding hydrogens is 464 g/mol. The summed E-state index contributed by atoms with van der Waals surface area (Å²) in [5.74, 6) is 1.02. The van der Waals surface area contributed by atoms with E-state index in [1.54, 1.807) is 11.9 Å². The molecule has 1 unspecified atom stereocenters. The Labute approximate surface area is 214 Å². The van der Waals surface area contributed by atoms with Crippen molar-refractivity contribution in [1.82, 2.24) is 0 Å². The zero-order valence-electron chi connectivity index (χ0n) is 20.3. The van der Waals surface area contributed by atoms with Gasteiger partial charge in [-0.15, -0.1) is 0 Å². The number of ether oxygens (including phenoxy) is 2. The zero-order chi connectivity index (χ0) is 25.1. The molecule has 3 aliphatic rings. The monoisotopic (exact) mass is 488 g/mol. The Morgan fingerprint density at radius 3 is 2.08 bits per heavy atom. The number of anilines is 2. The average molecular weight is 489 g/mol. The number of fused-ring (bicyclic) bond motifs is 5. The van der Waals surface area contributed by atoms with E-state index in [0.29, 0.717) is 17.2 Å². The van der Waals surface area contributed by atoms with E-state index in [1.807, 2.05) is 77.7 Å². The van der Waals surface area contributed by atoms with Crippen molar-refractivity contribution in [3.63, 3.8) is 0 Å². The van der Waals surface area contributed by atoms with Crippen LogP contribution in [-0.2, 0) is 15.0 Å². The van der Waals surface area contributed by atoms with Gasteiger partial charge in [-0.25, -0.2) is 0 Å². The van der Waals surface area contributed by atoms with Crippen molar-refractivity contribution in [3.05, 3.63) is 119 Å². The van der Waals surface area contributed by atoms with Crippen LogP contribution >= 0.6 is 0 Å². The number of amides is 2. The van der Waals surface area contributed by atoms with Crippen molar-refractivity contribution in [3.8, 4) is 11.5 Å². The molecule has 0 radical (unpaired) electrons. The fourth-order valence-corrected chi connectivity index (χ4v) is 5.91. The molecule has 3 aliphatic heterocycles. The first-order valence-electron chi connectivity index (χ1n) is 12.3. The molecular formula is C31H24N2O4. The topological polar surface area (TPSA) is 59.1 Å². The molecule has 0 N–H and O–H groups in total. The third-order valence-corrected chi connectivity index (χ3v) is 7.75. The van der Waals surface area contributed by atoms with Crippen LogP contribution in [0.5, 0.6) is 11.5 Å². The molecule has 4 aromatic rings. The maximum absolute atomic E-state index is 14.8. The Bertz CT molecular complexity index is 1510. The standard InChI is InChI=1S/C31H24N2O4/c1-32-25-16-23-26(17-27(25)36-18-28(32)34)37-19-31(23)22-14-8-9-15-24(22)33(30(31)35)29(20-10-4-2-5-11-20)21-12-6-3-7-13-21/h2-17,29H,18-19H2,1H3. The van der Waals surface area contributed by atoms with Gasteiger partial charge in [0.15, 0.2) is 6.61 Å². The molecule has 6 heteroatoms. The summed E-state index contributed by atoms with van der Waals surface area (Å²) < 4.78 is 11.9. The molecule has 182 valence electrons. The molecule has 37 heavy (non-hydrogen) atoms. The second-order valence-corrected chi connectivity index (χ2v) is 9.67. The third-order valence-electron chi connectivity index (χ3n) is 7.75. The van der Waals surface area contributed by atoms with Gasteiger partial charge in [0.1, 0.15) is 23.5 Å². The maximum Gasteiger partial charge on any atom is 0.264 e. The van der Waals surface area contributed by atoms with Crippen molar-refractivity contribution in [2.75, 3.05) is 30.1 Å². The fraction of sp³-hybridized carbons (Fsp3) is 0.161. The van der Waals surface area contributed by atoms with Gasteiger partial charge in [-0.1, -0.05) is 78.9 Å². The van der Waals surface area contributed by atoms with Crippen LogP contribution in [0.1, 0.15) is 28.3 Å². The minimum atomic E-state index is -1.02. The van der Waals surface area contributed by atoms with Gasteiger partial charge in [0.2, 0.25) is 5.91 Å². The van der Waals surface area contributed by atoms with Crippen LogP contribution < -0.4 is 19.3 Å². The highest BCUT2D eigenvalue weighted by molar-refractivity contribution is 6.12. The molecule has 0 bridgehead atoms. The highest BCUT2D eigenvalue weighted by Gasteiger charge is 2.58. The highest BCUT2D eigenvalue weighted by Crippen LogP contribution is 2.56. The minimum absolute atomic E-state index is 0.0151. The van der Waals surface area contributed by atoms with Crippen molar-refractivity contribution in [2.24, 2.45) is 0 Å². The number of carbonyl (C=O) groups is 2. The molecule has 2 amide bonds. The quantitative estimate of drug-likeness (QED) is 0.414. The summed E-state index contributed by atoms with van der Waals surface area (Å²) >= 11 is 0. The Hall–Kier alpha value is -4.58. The molecule has 1 atom stereocenters. The molecule has 0 saturated heterocycles. The lowest BCUT2D eigenvalue weighted by Crippen LogP contribution is -2.44. The second kappa shape index (κ2) is 7.96. The zero-order valence-corrected chi connectivity index (χ0v) is 20.3. The largest absolute Gasteiger partial charge is 0.491 e. The number of para-hydroxylation sites is 1. The fourth-order valence-electron chi connectivity index (χ4n) is 5.91. The van der Waals surface area contributed by atoms with Crippen LogP contribution in [0.15, 0.2) is 97.1 Å². The number of hydrogen-bond acceptors (Lipinski definition) is 4. The van der Waals surface area contributed by atoms with Gasteiger partial charge in [0.25, 0.3) is 5.91 Å². The van der Waals surface area contributed by atoms with Crippen molar-refractivity contribution in [1.29, 1.82) is 0 Å². The number of benzene rings is 4. The van der Waals surface area contributed by atoms with Crippen molar-refractivity contribution >= 4 is 23.2 Å². The lowest BCUT2D eigenvalue weighted by atomic mass is 9.76. The smallest absolute Gasteiger partial charge is 0.264 e. The molecule has 7 rings (SSSR count). The van der Waals surface area contributed by atoms with Crippen LogP contribution in [0.25, 0.3) is 0 Å². The first-order chi connectivity index (χ1) is 18.1. The Morgan fingerprint density at radius 1 is 0.730 bits per heavy atom. The predicted octanol–water partition coefficient (Wildman–Crippen LogP) is 4.86. The molecule has 6 nitrogen and oxygen atoms in total. The van der Waals surface area contributed by atoms with E-state index in [4.69, 9.17) is 9.47 Å². The molecule has 0 saturated carbocycles. The molecule has 1 spiro atoms. The SMILES string of the molecule is CN1C(=O)COc2cc3c(cc21)C1(CO3)C(=O)N(C(c2ccccc2)c2ccccc2)c2ccccc21. The van der Waals surface area contributed by atoms with Gasteiger partial charge in [-0.2, -0.15) is 0 Å². The third kappa shape index (κ3) is 2.99. The first-order valence-corrected chi connectivity index (χ1v) is 12.3. The molecule has 4 aromatic carbocycles. The first kappa shape index (κ1) is 21.7. The van der Waals surface area contributed by atoms with Crippen LogP contribution in [0.2, 0.25) is 0 Å². The summed E-state index contributed by atoms with van der Waals surface area (Å²) in [6.07, 6.45) is 0. The van der Waals surface area contributed by atoms with Crippen molar-refractivity contribution < 1.29 is 19.1 Å². The molecule has 0 aliphatic carbocycles. The van der Waals surface area contributed by atoms with E-state index in [2.05, 4.69) is 24.3 Å². The summed E-state index contributed by atoms with van der Waals surface area (Å²) in [6, 6.07) is 31.6. The van der Waals surface area contributed by atoms with E-state index in [-0.39, 0.29) is 31.1 Å². The van der Waals surface area contributed by atoms with Crippen LogP contribution in [0.4, 0.5) is 11.4 Å². The van der Waals surface area contributed by atoms with E-state index in [0.717, 1.165) is 27.9 Å². The summed E-state index contributed by atoms with van der Waals surface area (Å²) in [7, 11) is 1.73. The maximum atomic E-state index is 14.8. The summed E-state index contributed by atoms with van der Waals surface area (Å²) in [5, 5.41) is 0. The van der Waals surface area contributed by atoms with Gasteiger partial charge in [-0.05, 0) is 28.8 Å². The van der Waals surface area contributed by atoms with Gasteiger partial charge >= 0.3 is 0 Å². The lowest BCUT2D eigenvalue weighted by molar-refractivity contribution is -0.122. The molecule has 0 fully saturated rings. The number of carbonyl (C=O) groups excluding carboxylic acids is 2. The lowest BCUT2D eigenvalue weighted by Gasteiger charge is -2.32. The van der Waals surface area contributed by atoms with Gasteiger partial charge in [0.05, 0.1) is 11.7 Å². The van der Waals surface area contributed by atoms with Gasteiger partial charge in [0, 0.05) is 24.4 Å². The normalized spacial score (nSPS) is 19.5. The van der Waals surface area contributed by atoms with Gasteiger partial charge < -0.3 is 14.4 Å². The van der Waals surface area contributed by atoms with Crippen LogP contribution in [-0.4, -0.2) is 32.1 Å². The van der Waals surface area contributed by atoms with Gasteiger partial charge in [-0.3, -0.25) is 14.5 Å². The number of nitrogens with zero attached hydrogens (tertiary/aromatic N) is 2. The summed E-state index contributed by atoms with van der Waals surface area (Å²) in [4.78, 5) is 30.7. The Morgan fingerprint density at radius 2 is 1.38 bits per heavy atom. The average Bonchev–Trinajstić information content (AvgIpc) is 3.43.